The highest BCUT2D eigenvalue weighted by atomic mass is 35.5. The number of benzene rings is 1. The van der Waals surface area contributed by atoms with Gasteiger partial charge in [0.05, 0.1) is 15.6 Å². The molecule has 2 N–H and O–H groups in total. The van der Waals surface area contributed by atoms with Gasteiger partial charge >= 0.3 is 0 Å². The second kappa shape index (κ2) is 6.10. The zero-order valence-corrected chi connectivity index (χ0v) is 13.2. The van der Waals surface area contributed by atoms with Crippen LogP contribution in [0.4, 0.5) is 0 Å². The lowest BCUT2D eigenvalue weighted by atomic mass is 9.98. The molecule has 20 heavy (non-hydrogen) atoms. The van der Waals surface area contributed by atoms with Gasteiger partial charge in [0.1, 0.15) is 0 Å². The fourth-order valence-corrected chi connectivity index (χ4v) is 3.89. The second-order valence-corrected chi connectivity index (χ2v) is 6.29. The number of amides is 1. The highest BCUT2D eigenvalue weighted by molar-refractivity contribution is 6.39. The Morgan fingerprint density at radius 1 is 1.20 bits per heavy atom. The molecule has 2 fully saturated rings. The Morgan fingerprint density at radius 2 is 1.85 bits per heavy atom. The average molecular weight is 336 g/mol. The summed E-state index contributed by atoms with van der Waals surface area (Å²) in [5.74, 6) is 0.905. The van der Waals surface area contributed by atoms with E-state index in [9.17, 15) is 4.79 Å². The first-order valence-electron chi connectivity index (χ1n) is 6.57. The van der Waals surface area contributed by atoms with Crippen molar-refractivity contribution in [2.75, 3.05) is 13.1 Å². The van der Waals surface area contributed by atoms with Crippen molar-refractivity contribution < 1.29 is 4.79 Å². The molecule has 1 heterocycles. The van der Waals surface area contributed by atoms with E-state index in [2.05, 4.69) is 0 Å². The smallest absolute Gasteiger partial charge is 0.256 e. The van der Waals surface area contributed by atoms with Gasteiger partial charge in [0.2, 0.25) is 0 Å². The van der Waals surface area contributed by atoms with E-state index < -0.39 is 0 Å². The molecule has 1 aliphatic carbocycles. The molecule has 1 saturated heterocycles. The van der Waals surface area contributed by atoms with Gasteiger partial charge in [-0.15, -0.1) is 12.4 Å². The first-order valence-corrected chi connectivity index (χ1v) is 7.32. The van der Waals surface area contributed by atoms with Crippen molar-refractivity contribution in [1.82, 2.24) is 4.90 Å². The summed E-state index contributed by atoms with van der Waals surface area (Å²) in [4.78, 5) is 14.4. The maximum atomic E-state index is 12.5. The number of hydrogen-bond donors (Lipinski definition) is 1. The number of fused-ring (bicyclic) bond motifs is 1. The van der Waals surface area contributed by atoms with Crippen LogP contribution in [0, 0.1) is 11.8 Å². The molecule has 0 aromatic heterocycles. The molecule has 2 aliphatic rings. The first kappa shape index (κ1) is 15.9. The molecule has 1 amide bonds. The minimum atomic E-state index is -0.0720. The lowest BCUT2D eigenvalue weighted by molar-refractivity contribution is 0.0780. The first-order chi connectivity index (χ1) is 9.08. The third-order valence-corrected chi connectivity index (χ3v) is 5.01. The molecule has 3 nitrogen and oxygen atoms in total. The van der Waals surface area contributed by atoms with Gasteiger partial charge in [-0.3, -0.25) is 4.79 Å². The summed E-state index contributed by atoms with van der Waals surface area (Å²) in [6.45, 7) is 1.50. The number of carbonyl (C=O) groups is 1. The molecule has 1 aromatic carbocycles. The van der Waals surface area contributed by atoms with Crippen LogP contribution in [0.5, 0.6) is 0 Å². The third kappa shape index (κ3) is 2.64. The number of nitrogens with zero attached hydrogens (tertiary/aromatic N) is 1. The highest BCUT2D eigenvalue weighted by Crippen LogP contribution is 2.38. The predicted octanol–water partition coefficient (Wildman–Crippen LogP) is 3.22. The van der Waals surface area contributed by atoms with Crippen LogP contribution in [0.15, 0.2) is 18.2 Å². The Balaban J connectivity index is 0.00000147. The maximum Gasteiger partial charge on any atom is 0.256 e. The summed E-state index contributed by atoms with van der Waals surface area (Å²) in [7, 11) is 0. The third-order valence-electron chi connectivity index (χ3n) is 4.38. The second-order valence-electron chi connectivity index (χ2n) is 5.47. The normalized spacial score (nSPS) is 28.1. The Hall–Kier alpha value is -0.480. The molecule has 3 rings (SSSR count). The molecular weight excluding hydrogens is 319 g/mol. The molecule has 1 saturated carbocycles. The summed E-state index contributed by atoms with van der Waals surface area (Å²) < 4.78 is 0. The maximum absolute atomic E-state index is 12.5. The van der Waals surface area contributed by atoms with Crippen LogP contribution >= 0.6 is 35.6 Å². The zero-order valence-electron chi connectivity index (χ0n) is 10.9. The standard InChI is InChI=1S/C14H16Cl2N2O.ClH/c15-10-2-1-3-11(16)13(10)14(19)18-6-8-4-5-12(17)9(8)7-18;/h1-3,8-9,12H,4-7,17H2;1H. The van der Waals surface area contributed by atoms with Gasteiger partial charge < -0.3 is 10.6 Å². The fraction of sp³-hybridized carbons (Fsp3) is 0.500. The summed E-state index contributed by atoms with van der Waals surface area (Å²) in [5, 5.41) is 0.831. The van der Waals surface area contributed by atoms with Crippen LogP contribution in [0.25, 0.3) is 0 Å². The molecule has 1 aromatic rings. The predicted molar refractivity (Wildman–Crippen MR) is 83.8 cm³/mol. The van der Waals surface area contributed by atoms with Crippen LogP contribution in [0.3, 0.4) is 0 Å². The largest absolute Gasteiger partial charge is 0.338 e. The molecule has 0 spiro atoms. The van der Waals surface area contributed by atoms with Gasteiger partial charge in [-0.2, -0.15) is 0 Å². The summed E-state index contributed by atoms with van der Waals surface area (Å²) >= 11 is 12.2. The van der Waals surface area contributed by atoms with E-state index in [-0.39, 0.29) is 24.4 Å². The van der Waals surface area contributed by atoms with Gasteiger partial charge in [0.25, 0.3) is 5.91 Å². The molecular formula is C14H17Cl3N2O. The molecule has 3 unspecified atom stereocenters. The Labute approximate surface area is 134 Å². The average Bonchev–Trinajstić information content (AvgIpc) is 2.92. The number of rotatable bonds is 1. The van der Waals surface area contributed by atoms with Gasteiger partial charge in [-0.1, -0.05) is 29.3 Å². The number of nitrogens with two attached hydrogens (primary N) is 1. The number of carbonyl (C=O) groups excluding carboxylic acids is 1. The van der Waals surface area contributed by atoms with Crippen LogP contribution in [-0.2, 0) is 0 Å². The summed E-state index contributed by atoms with van der Waals surface area (Å²) in [6, 6.07) is 5.37. The molecule has 0 bridgehead atoms. The summed E-state index contributed by atoms with van der Waals surface area (Å²) in [5.41, 5.74) is 6.51. The number of likely N-dealkylation sites (tertiary alicyclic amines) is 1. The molecule has 3 atom stereocenters. The van der Waals surface area contributed by atoms with Crippen molar-refractivity contribution in [3.63, 3.8) is 0 Å². The van der Waals surface area contributed by atoms with Crippen LogP contribution < -0.4 is 5.73 Å². The van der Waals surface area contributed by atoms with Crippen molar-refractivity contribution in [2.24, 2.45) is 17.6 Å². The highest BCUT2D eigenvalue weighted by Gasteiger charge is 2.43. The van der Waals surface area contributed by atoms with Gasteiger partial charge in [0, 0.05) is 19.1 Å². The molecule has 0 radical (unpaired) electrons. The van der Waals surface area contributed by atoms with Crippen molar-refractivity contribution in [2.45, 2.75) is 18.9 Å². The van der Waals surface area contributed by atoms with E-state index in [4.69, 9.17) is 28.9 Å². The van der Waals surface area contributed by atoms with E-state index in [1.165, 1.54) is 0 Å². The quantitative estimate of drug-likeness (QED) is 0.856. The van der Waals surface area contributed by atoms with Crippen LogP contribution in [-0.4, -0.2) is 29.9 Å². The Kier molecular flexibility index (Phi) is 4.85. The Bertz CT molecular complexity index is 503. The number of halogens is 3. The Morgan fingerprint density at radius 3 is 2.45 bits per heavy atom. The van der Waals surface area contributed by atoms with E-state index in [1.54, 1.807) is 18.2 Å². The topological polar surface area (TPSA) is 46.3 Å². The lowest BCUT2D eigenvalue weighted by Crippen LogP contribution is -2.33. The lowest BCUT2D eigenvalue weighted by Gasteiger charge is -2.20. The zero-order chi connectivity index (χ0) is 13.6. The van der Waals surface area contributed by atoms with Gasteiger partial charge in [-0.25, -0.2) is 0 Å². The van der Waals surface area contributed by atoms with E-state index in [0.717, 1.165) is 25.9 Å². The molecule has 1 aliphatic heterocycles. The summed E-state index contributed by atoms with van der Waals surface area (Å²) in [6.07, 6.45) is 2.19. The fourth-order valence-electron chi connectivity index (χ4n) is 3.33. The van der Waals surface area contributed by atoms with Crippen molar-refractivity contribution in [3.05, 3.63) is 33.8 Å². The van der Waals surface area contributed by atoms with Gasteiger partial charge in [-0.05, 0) is 36.8 Å². The number of hydrogen-bond acceptors (Lipinski definition) is 2. The van der Waals surface area contributed by atoms with E-state index in [1.807, 2.05) is 4.90 Å². The van der Waals surface area contributed by atoms with Crippen LogP contribution in [0.2, 0.25) is 10.0 Å². The van der Waals surface area contributed by atoms with Crippen molar-refractivity contribution in [1.29, 1.82) is 0 Å². The molecule has 110 valence electrons. The monoisotopic (exact) mass is 334 g/mol. The minimum absolute atomic E-state index is 0. The van der Waals surface area contributed by atoms with Gasteiger partial charge in [0.15, 0.2) is 0 Å². The SMILES string of the molecule is Cl.NC1CCC2CN(C(=O)c3c(Cl)cccc3Cl)CC12. The van der Waals surface area contributed by atoms with Crippen molar-refractivity contribution in [3.8, 4) is 0 Å². The minimum Gasteiger partial charge on any atom is -0.338 e. The van der Waals surface area contributed by atoms with E-state index in [0.29, 0.717) is 27.4 Å². The van der Waals surface area contributed by atoms with Crippen molar-refractivity contribution >= 4 is 41.5 Å². The van der Waals surface area contributed by atoms with E-state index >= 15 is 0 Å². The molecule has 6 heteroatoms. The van der Waals surface area contributed by atoms with Crippen LogP contribution in [0.1, 0.15) is 23.2 Å².